The summed E-state index contributed by atoms with van der Waals surface area (Å²) in [5.41, 5.74) is 0. The van der Waals surface area contributed by atoms with E-state index in [4.69, 9.17) is 0 Å². The van der Waals surface area contributed by atoms with Gasteiger partial charge in [0.25, 0.3) is 0 Å². The van der Waals surface area contributed by atoms with Gasteiger partial charge in [-0.05, 0) is 35.1 Å². The van der Waals surface area contributed by atoms with E-state index in [9.17, 15) is 8.42 Å². The van der Waals surface area contributed by atoms with Crippen LogP contribution in [0.5, 0.6) is 0 Å². The SMILES string of the molecule is CN1CCN(S(=O)(=O)c2ccc(Br)nc2)CC1. The summed E-state index contributed by atoms with van der Waals surface area (Å²) in [5.74, 6) is 0. The molecule has 7 heteroatoms. The zero-order valence-corrected chi connectivity index (χ0v) is 11.9. The fraction of sp³-hybridized carbons (Fsp3) is 0.500. The summed E-state index contributed by atoms with van der Waals surface area (Å²) in [6, 6.07) is 3.22. The average molecular weight is 320 g/mol. The second-order valence-electron chi connectivity index (χ2n) is 4.02. The van der Waals surface area contributed by atoms with Crippen molar-refractivity contribution in [3.8, 4) is 0 Å². The van der Waals surface area contributed by atoms with Crippen LogP contribution in [0.25, 0.3) is 0 Å². The molecule has 0 bridgehead atoms. The minimum absolute atomic E-state index is 0.255. The Balaban J connectivity index is 2.21. The highest BCUT2D eigenvalue weighted by Gasteiger charge is 2.27. The van der Waals surface area contributed by atoms with E-state index in [-0.39, 0.29) is 4.90 Å². The average Bonchev–Trinajstić information content (AvgIpc) is 2.30. The molecule has 0 aliphatic carbocycles. The van der Waals surface area contributed by atoms with Crippen LogP contribution in [0.15, 0.2) is 27.8 Å². The van der Waals surface area contributed by atoms with E-state index in [2.05, 4.69) is 25.8 Å². The highest BCUT2D eigenvalue weighted by atomic mass is 79.9. The maximum absolute atomic E-state index is 12.3. The van der Waals surface area contributed by atoms with Gasteiger partial charge in [-0.25, -0.2) is 13.4 Å². The summed E-state index contributed by atoms with van der Waals surface area (Å²) in [7, 11) is -1.39. The Morgan fingerprint density at radius 3 is 2.41 bits per heavy atom. The number of hydrogen-bond donors (Lipinski definition) is 0. The number of aromatic nitrogens is 1. The predicted molar refractivity (Wildman–Crippen MR) is 68.2 cm³/mol. The monoisotopic (exact) mass is 319 g/mol. The van der Waals surface area contributed by atoms with Crippen molar-refractivity contribution in [2.75, 3.05) is 33.2 Å². The number of nitrogens with zero attached hydrogens (tertiary/aromatic N) is 3. The lowest BCUT2D eigenvalue weighted by atomic mass is 10.4. The summed E-state index contributed by atoms with van der Waals surface area (Å²) in [6.07, 6.45) is 1.39. The Hall–Kier alpha value is -0.500. The van der Waals surface area contributed by atoms with E-state index in [0.717, 1.165) is 13.1 Å². The van der Waals surface area contributed by atoms with Crippen LogP contribution in [0.1, 0.15) is 0 Å². The minimum Gasteiger partial charge on any atom is -0.304 e. The molecule has 2 heterocycles. The first-order valence-corrected chi connectivity index (χ1v) is 7.54. The zero-order chi connectivity index (χ0) is 12.5. The normalized spacial score (nSPS) is 19.4. The molecule has 0 atom stereocenters. The number of sulfonamides is 1. The Kier molecular flexibility index (Phi) is 3.82. The van der Waals surface area contributed by atoms with Crippen LogP contribution in [0.3, 0.4) is 0 Å². The maximum Gasteiger partial charge on any atom is 0.244 e. The lowest BCUT2D eigenvalue weighted by molar-refractivity contribution is 0.222. The number of likely N-dealkylation sites (N-methyl/N-ethyl adjacent to an activating group) is 1. The Morgan fingerprint density at radius 2 is 1.88 bits per heavy atom. The Morgan fingerprint density at radius 1 is 1.24 bits per heavy atom. The lowest BCUT2D eigenvalue weighted by Gasteiger charge is -2.31. The van der Waals surface area contributed by atoms with Gasteiger partial charge in [0.05, 0.1) is 0 Å². The quantitative estimate of drug-likeness (QED) is 0.756. The van der Waals surface area contributed by atoms with Crippen molar-refractivity contribution < 1.29 is 8.42 Å². The molecule has 0 N–H and O–H groups in total. The molecule has 94 valence electrons. The standard InChI is InChI=1S/C10H14BrN3O2S/c1-13-4-6-14(7-5-13)17(15,16)9-2-3-10(11)12-8-9/h2-3,8H,4-7H2,1H3. The van der Waals surface area contributed by atoms with Gasteiger partial charge in [0, 0.05) is 32.4 Å². The van der Waals surface area contributed by atoms with Gasteiger partial charge < -0.3 is 4.90 Å². The molecule has 17 heavy (non-hydrogen) atoms. The second-order valence-corrected chi connectivity index (χ2v) is 6.77. The molecule has 1 fully saturated rings. The number of hydrogen-bond acceptors (Lipinski definition) is 4. The fourth-order valence-electron chi connectivity index (χ4n) is 1.69. The predicted octanol–water partition coefficient (Wildman–Crippen LogP) is 0.780. The van der Waals surface area contributed by atoms with Crippen molar-refractivity contribution in [2.24, 2.45) is 0 Å². The molecule has 0 amide bonds. The highest BCUT2D eigenvalue weighted by Crippen LogP contribution is 2.17. The van der Waals surface area contributed by atoms with E-state index in [1.165, 1.54) is 10.5 Å². The van der Waals surface area contributed by atoms with Gasteiger partial charge in [-0.15, -0.1) is 0 Å². The molecule has 0 spiro atoms. The van der Waals surface area contributed by atoms with Gasteiger partial charge in [-0.2, -0.15) is 4.31 Å². The summed E-state index contributed by atoms with van der Waals surface area (Å²) in [6.45, 7) is 2.61. The van der Waals surface area contributed by atoms with Gasteiger partial charge >= 0.3 is 0 Å². The molecule has 1 aliphatic rings. The van der Waals surface area contributed by atoms with E-state index >= 15 is 0 Å². The summed E-state index contributed by atoms with van der Waals surface area (Å²) >= 11 is 3.19. The van der Waals surface area contributed by atoms with Crippen molar-refractivity contribution in [3.63, 3.8) is 0 Å². The Labute approximate surface area is 110 Å². The van der Waals surface area contributed by atoms with Gasteiger partial charge in [-0.1, -0.05) is 0 Å². The van der Waals surface area contributed by atoms with Crippen LogP contribution >= 0.6 is 15.9 Å². The first-order chi connectivity index (χ1) is 8.00. The number of piperazine rings is 1. The van der Waals surface area contributed by atoms with E-state index < -0.39 is 10.0 Å². The first-order valence-electron chi connectivity index (χ1n) is 5.30. The number of rotatable bonds is 2. The summed E-state index contributed by atoms with van der Waals surface area (Å²) in [5, 5.41) is 0. The molecule has 1 aromatic rings. The topological polar surface area (TPSA) is 53.5 Å². The molecule has 0 radical (unpaired) electrons. The van der Waals surface area contributed by atoms with E-state index in [1.807, 2.05) is 7.05 Å². The van der Waals surface area contributed by atoms with Crippen LogP contribution in [-0.4, -0.2) is 55.8 Å². The van der Waals surface area contributed by atoms with Gasteiger partial charge in [0.1, 0.15) is 9.50 Å². The second kappa shape index (κ2) is 5.01. The highest BCUT2D eigenvalue weighted by molar-refractivity contribution is 9.10. The smallest absolute Gasteiger partial charge is 0.244 e. The largest absolute Gasteiger partial charge is 0.304 e. The molecular weight excluding hydrogens is 306 g/mol. The third kappa shape index (κ3) is 2.85. The molecule has 1 aliphatic heterocycles. The molecule has 0 unspecified atom stereocenters. The molecule has 1 saturated heterocycles. The molecule has 1 aromatic heterocycles. The molecule has 5 nitrogen and oxygen atoms in total. The molecule has 0 aromatic carbocycles. The van der Waals surface area contributed by atoms with Crippen molar-refractivity contribution in [1.82, 2.24) is 14.2 Å². The zero-order valence-electron chi connectivity index (χ0n) is 9.50. The Bertz CT molecular complexity index is 481. The van der Waals surface area contributed by atoms with Crippen molar-refractivity contribution in [1.29, 1.82) is 0 Å². The third-order valence-corrected chi connectivity index (χ3v) is 5.15. The molecular formula is C10H14BrN3O2S. The number of halogens is 1. The first kappa shape index (κ1) is 12.9. The van der Waals surface area contributed by atoms with Gasteiger partial charge in [0.15, 0.2) is 0 Å². The van der Waals surface area contributed by atoms with E-state index in [0.29, 0.717) is 17.7 Å². The van der Waals surface area contributed by atoms with Crippen LogP contribution in [0.2, 0.25) is 0 Å². The maximum atomic E-state index is 12.3. The van der Waals surface area contributed by atoms with Gasteiger partial charge in [-0.3, -0.25) is 0 Å². The van der Waals surface area contributed by atoms with Crippen LogP contribution in [0.4, 0.5) is 0 Å². The summed E-state index contributed by atoms with van der Waals surface area (Å²) < 4.78 is 26.7. The van der Waals surface area contributed by atoms with E-state index in [1.54, 1.807) is 12.1 Å². The minimum atomic E-state index is -3.38. The molecule has 2 rings (SSSR count). The van der Waals surface area contributed by atoms with Crippen LogP contribution in [-0.2, 0) is 10.0 Å². The fourth-order valence-corrected chi connectivity index (χ4v) is 3.29. The number of pyridine rings is 1. The van der Waals surface area contributed by atoms with Gasteiger partial charge in [0.2, 0.25) is 10.0 Å². The lowest BCUT2D eigenvalue weighted by Crippen LogP contribution is -2.47. The van der Waals surface area contributed by atoms with Crippen molar-refractivity contribution in [3.05, 3.63) is 22.9 Å². The van der Waals surface area contributed by atoms with Crippen LogP contribution in [0, 0.1) is 0 Å². The summed E-state index contributed by atoms with van der Waals surface area (Å²) in [4.78, 5) is 6.33. The third-order valence-electron chi connectivity index (χ3n) is 2.80. The van der Waals surface area contributed by atoms with Crippen molar-refractivity contribution >= 4 is 26.0 Å². The molecule has 0 saturated carbocycles. The van der Waals surface area contributed by atoms with Crippen molar-refractivity contribution in [2.45, 2.75) is 4.90 Å². The van der Waals surface area contributed by atoms with Crippen LogP contribution < -0.4 is 0 Å².